The fourth-order valence-corrected chi connectivity index (χ4v) is 1.30. The van der Waals surface area contributed by atoms with Crippen molar-refractivity contribution in [1.82, 2.24) is 0 Å². The van der Waals surface area contributed by atoms with Crippen LogP contribution >= 0.6 is 0 Å². The molecule has 0 heterocycles. The molecule has 0 spiro atoms. The van der Waals surface area contributed by atoms with Crippen molar-refractivity contribution in [3.05, 3.63) is 0 Å². The monoisotopic (exact) mass is 173 g/mol. The Balaban J connectivity index is 0.000000261. The van der Waals surface area contributed by atoms with E-state index in [-0.39, 0.29) is 0 Å². The maximum atomic E-state index is 5.19. The Morgan fingerprint density at radius 3 is 2.00 bits per heavy atom. The first-order chi connectivity index (χ1) is 5.85. The van der Waals surface area contributed by atoms with Crippen LogP contribution in [0.1, 0.15) is 45.4 Å². The summed E-state index contributed by atoms with van der Waals surface area (Å²) in [5, 5.41) is 0. The summed E-state index contributed by atoms with van der Waals surface area (Å²) in [5.41, 5.74) is 5.03. The van der Waals surface area contributed by atoms with Gasteiger partial charge in [0.2, 0.25) is 0 Å². The van der Waals surface area contributed by atoms with Crippen LogP contribution in [0.3, 0.4) is 0 Å². The molecule has 0 aromatic carbocycles. The highest BCUT2D eigenvalue weighted by molar-refractivity contribution is 4.63. The molecular weight excluding hydrogens is 150 g/mol. The molecule has 2 heteroatoms. The number of rotatable bonds is 2. The highest BCUT2D eigenvalue weighted by Crippen LogP contribution is 2.18. The third kappa shape index (κ3) is 6.62. The van der Waals surface area contributed by atoms with Gasteiger partial charge in [0.05, 0.1) is 6.10 Å². The second-order valence-electron chi connectivity index (χ2n) is 3.28. The van der Waals surface area contributed by atoms with Gasteiger partial charge in [-0.15, -0.1) is 0 Å². The molecule has 2 N–H and O–H groups in total. The van der Waals surface area contributed by atoms with Gasteiger partial charge in [0.15, 0.2) is 0 Å². The van der Waals surface area contributed by atoms with E-state index in [9.17, 15) is 0 Å². The molecule has 1 aliphatic rings. The molecule has 0 bridgehead atoms. The minimum atomic E-state index is 0.587. The van der Waals surface area contributed by atoms with Crippen LogP contribution < -0.4 is 5.73 Å². The van der Waals surface area contributed by atoms with E-state index in [1.807, 2.05) is 7.11 Å². The van der Waals surface area contributed by atoms with E-state index < -0.39 is 0 Å². The summed E-state index contributed by atoms with van der Waals surface area (Å²) in [4.78, 5) is 0. The van der Waals surface area contributed by atoms with Gasteiger partial charge in [0.1, 0.15) is 0 Å². The Hall–Kier alpha value is -0.0800. The SMILES string of the molecule is CCCN.COC1CCCCC1. The molecule has 0 radical (unpaired) electrons. The average Bonchev–Trinajstić information content (AvgIpc) is 2.19. The number of ether oxygens (including phenoxy) is 1. The Kier molecular flexibility index (Phi) is 8.95. The first-order valence-electron chi connectivity index (χ1n) is 5.08. The molecule has 1 aliphatic carbocycles. The third-order valence-electron chi connectivity index (χ3n) is 2.17. The van der Waals surface area contributed by atoms with Crippen LogP contribution in [-0.2, 0) is 4.74 Å². The molecule has 1 fully saturated rings. The zero-order chi connectivity index (χ0) is 9.23. The van der Waals surface area contributed by atoms with Gasteiger partial charge in [0, 0.05) is 7.11 Å². The lowest BCUT2D eigenvalue weighted by molar-refractivity contribution is 0.0710. The van der Waals surface area contributed by atoms with Crippen molar-refractivity contribution in [1.29, 1.82) is 0 Å². The molecule has 2 nitrogen and oxygen atoms in total. The molecule has 0 saturated heterocycles. The van der Waals surface area contributed by atoms with Gasteiger partial charge < -0.3 is 10.5 Å². The van der Waals surface area contributed by atoms with Crippen molar-refractivity contribution < 1.29 is 4.74 Å². The van der Waals surface area contributed by atoms with E-state index in [0.29, 0.717) is 6.10 Å². The molecule has 0 amide bonds. The Morgan fingerprint density at radius 2 is 1.75 bits per heavy atom. The largest absolute Gasteiger partial charge is 0.381 e. The third-order valence-corrected chi connectivity index (χ3v) is 2.17. The van der Waals surface area contributed by atoms with Crippen LogP contribution in [0.2, 0.25) is 0 Å². The van der Waals surface area contributed by atoms with Crippen LogP contribution in [0.15, 0.2) is 0 Å². The van der Waals surface area contributed by atoms with Crippen molar-refractivity contribution in [3.63, 3.8) is 0 Å². The van der Waals surface area contributed by atoms with E-state index in [0.717, 1.165) is 13.0 Å². The van der Waals surface area contributed by atoms with Gasteiger partial charge in [-0.3, -0.25) is 0 Å². The van der Waals surface area contributed by atoms with Gasteiger partial charge in [-0.25, -0.2) is 0 Å². The van der Waals surface area contributed by atoms with Crippen LogP contribution in [0.25, 0.3) is 0 Å². The number of hydrogen-bond donors (Lipinski definition) is 1. The quantitative estimate of drug-likeness (QED) is 0.695. The van der Waals surface area contributed by atoms with Gasteiger partial charge in [-0.1, -0.05) is 26.2 Å². The summed E-state index contributed by atoms with van der Waals surface area (Å²) < 4.78 is 5.19. The summed E-state index contributed by atoms with van der Waals surface area (Å²) in [7, 11) is 1.82. The lowest BCUT2D eigenvalue weighted by Crippen LogP contribution is -2.13. The molecule has 0 unspecified atom stereocenters. The van der Waals surface area contributed by atoms with Gasteiger partial charge in [0.25, 0.3) is 0 Å². The molecule has 12 heavy (non-hydrogen) atoms. The summed E-state index contributed by atoms with van der Waals surface area (Å²) in [5.74, 6) is 0. The summed E-state index contributed by atoms with van der Waals surface area (Å²) in [6, 6.07) is 0. The van der Waals surface area contributed by atoms with Gasteiger partial charge >= 0.3 is 0 Å². The van der Waals surface area contributed by atoms with E-state index >= 15 is 0 Å². The predicted molar refractivity (Wildman–Crippen MR) is 53.2 cm³/mol. The van der Waals surface area contributed by atoms with Crippen LogP contribution in [-0.4, -0.2) is 19.8 Å². The Morgan fingerprint density at radius 1 is 1.25 bits per heavy atom. The smallest absolute Gasteiger partial charge is 0.0571 e. The fourth-order valence-electron chi connectivity index (χ4n) is 1.30. The summed E-state index contributed by atoms with van der Waals surface area (Å²) in [6.45, 7) is 2.88. The zero-order valence-electron chi connectivity index (χ0n) is 8.51. The molecule has 0 atom stereocenters. The lowest BCUT2D eigenvalue weighted by Gasteiger charge is -2.19. The molecule has 74 valence electrons. The van der Waals surface area contributed by atoms with Crippen molar-refractivity contribution in [2.75, 3.05) is 13.7 Å². The number of hydrogen-bond acceptors (Lipinski definition) is 2. The normalized spacial score (nSPS) is 18.2. The second-order valence-corrected chi connectivity index (χ2v) is 3.28. The number of methoxy groups -OCH3 is 1. The second kappa shape index (κ2) is 9.01. The summed E-state index contributed by atoms with van der Waals surface area (Å²) >= 11 is 0. The predicted octanol–water partition coefficient (Wildman–Crippen LogP) is 2.32. The van der Waals surface area contributed by atoms with E-state index in [2.05, 4.69) is 6.92 Å². The highest BCUT2D eigenvalue weighted by Gasteiger charge is 2.10. The minimum absolute atomic E-state index is 0.587. The van der Waals surface area contributed by atoms with E-state index in [1.165, 1.54) is 32.1 Å². The van der Waals surface area contributed by atoms with Crippen molar-refractivity contribution in [2.24, 2.45) is 5.73 Å². The standard InChI is InChI=1S/C7H14O.C3H9N/c1-8-7-5-3-2-4-6-7;1-2-3-4/h7H,2-6H2,1H3;2-4H2,1H3. The van der Waals surface area contributed by atoms with Crippen LogP contribution in [0, 0.1) is 0 Å². The first kappa shape index (κ1) is 11.9. The van der Waals surface area contributed by atoms with Crippen molar-refractivity contribution >= 4 is 0 Å². The fraction of sp³-hybridized carbons (Fsp3) is 1.00. The molecule has 0 aliphatic heterocycles. The van der Waals surface area contributed by atoms with Crippen LogP contribution in [0.5, 0.6) is 0 Å². The molecule has 0 aromatic heterocycles. The Bertz CT molecular complexity index is 77.9. The molecule has 0 aromatic rings. The van der Waals surface area contributed by atoms with Gasteiger partial charge in [-0.05, 0) is 25.8 Å². The average molecular weight is 173 g/mol. The van der Waals surface area contributed by atoms with E-state index in [4.69, 9.17) is 10.5 Å². The van der Waals surface area contributed by atoms with E-state index in [1.54, 1.807) is 0 Å². The Labute approximate surface area is 76.5 Å². The number of nitrogens with two attached hydrogens (primary N) is 1. The maximum Gasteiger partial charge on any atom is 0.0571 e. The van der Waals surface area contributed by atoms with Gasteiger partial charge in [-0.2, -0.15) is 0 Å². The maximum absolute atomic E-state index is 5.19. The van der Waals surface area contributed by atoms with Crippen molar-refractivity contribution in [2.45, 2.75) is 51.6 Å². The molecule has 1 rings (SSSR count). The highest BCUT2D eigenvalue weighted by atomic mass is 16.5. The van der Waals surface area contributed by atoms with Crippen LogP contribution in [0.4, 0.5) is 0 Å². The zero-order valence-corrected chi connectivity index (χ0v) is 8.51. The topological polar surface area (TPSA) is 35.2 Å². The molecular formula is C10H23NO. The molecule has 1 saturated carbocycles. The first-order valence-corrected chi connectivity index (χ1v) is 5.08. The van der Waals surface area contributed by atoms with Crippen molar-refractivity contribution in [3.8, 4) is 0 Å². The lowest BCUT2D eigenvalue weighted by atomic mass is 9.98. The summed E-state index contributed by atoms with van der Waals surface area (Å²) in [6.07, 6.45) is 8.42. The minimum Gasteiger partial charge on any atom is -0.381 e.